The third-order valence-electron chi connectivity index (χ3n) is 1.67. The van der Waals surface area contributed by atoms with E-state index in [4.69, 9.17) is 0 Å². The summed E-state index contributed by atoms with van der Waals surface area (Å²) >= 11 is 0. The molecule has 0 saturated heterocycles. The Bertz CT molecular complexity index is 265. The summed E-state index contributed by atoms with van der Waals surface area (Å²) in [6, 6.07) is 9.70. The highest BCUT2D eigenvalue weighted by molar-refractivity contribution is 5.73. The monoisotopic (exact) mass is 205 g/mol. The maximum atomic E-state index is 9.89. The van der Waals surface area contributed by atoms with Gasteiger partial charge in [-0.3, -0.25) is 4.79 Å². The van der Waals surface area contributed by atoms with Crippen molar-refractivity contribution >= 4 is 12.4 Å². The Hall–Kier alpha value is -1.41. The molecule has 0 amide bonds. The number of nitrogens with one attached hydrogen (secondary N) is 1. The third-order valence-corrected chi connectivity index (χ3v) is 1.67. The Labute approximate surface area is 92.0 Å². The van der Waals surface area contributed by atoms with E-state index < -0.39 is 0 Å². The molecule has 0 aliphatic carbocycles. The largest absolute Gasteiger partial charge is 0.317 e. The molecule has 82 valence electrons. The first-order chi connectivity index (χ1) is 7.35. The molecule has 0 radical (unpaired) electrons. The number of hydrogen-bond donors (Lipinski definition) is 1. The van der Waals surface area contributed by atoms with Crippen molar-refractivity contribution in [1.29, 1.82) is 0 Å². The van der Waals surface area contributed by atoms with Gasteiger partial charge in [0.1, 0.15) is 6.29 Å². The zero-order valence-electron chi connectivity index (χ0n) is 9.44. The number of carbonyl (C=O) groups is 1. The number of rotatable bonds is 4. The summed E-state index contributed by atoms with van der Waals surface area (Å²) < 4.78 is 0. The molecule has 0 heterocycles. The molecule has 1 rings (SSSR count). The first-order valence-electron chi connectivity index (χ1n) is 5.22. The Morgan fingerprint density at radius 3 is 2.13 bits per heavy atom. The lowest BCUT2D eigenvalue weighted by atomic mass is 10.2. The highest BCUT2D eigenvalue weighted by Crippen LogP contribution is 1.99. The molecule has 2 heteroatoms. The van der Waals surface area contributed by atoms with Crippen LogP contribution in [0.5, 0.6) is 0 Å². The third kappa shape index (κ3) is 8.91. The van der Waals surface area contributed by atoms with Crippen LogP contribution in [0.2, 0.25) is 0 Å². The van der Waals surface area contributed by atoms with Gasteiger partial charge in [0.25, 0.3) is 0 Å². The van der Waals surface area contributed by atoms with E-state index >= 15 is 0 Å². The van der Waals surface area contributed by atoms with Crippen molar-refractivity contribution in [2.24, 2.45) is 0 Å². The number of allylic oxidation sites excluding steroid dienone is 1. The molecule has 15 heavy (non-hydrogen) atoms. The summed E-state index contributed by atoms with van der Waals surface area (Å²) in [5.41, 5.74) is 1.05. The van der Waals surface area contributed by atoms with Crippen molar-refractivity contribution in [2.75, 3.05) is 13.1 Å². The minimum Gasteiger partial charge on any atom is -0.317 e. The van der Waals surface area contributed by atoms with Gasteiger partial charge in [0.2, 0.25) is 0 Å². The van der Waals surface area contributed by atoms with Crippen molar-refractivity contribution < 1.29 is 4.79 Å². The van der Waals surface area contributed by atoms with Gasteiger partial charge < -0.3 is 5.32 Å². The lowest BCUT2D eigenvalue weighted by molar-refractivity contribution is -0.104. The standard InChI is InChI=1S/C9H8O.C4H11N/c10-8-4-7-9-5-2-1-3-6-9;1-3-5-4-2/h1-8H;5H,3-4H2,1-2H3. The van der Waals surface area contributed by atoms with Crippen LogP contribution < -0.4 is 5.32 Å². The minimum absolute atomic E-state index is 0.771. The average Bonchev–Trinajstić information content (AvgIpc) is 2.30. The second-order valence-electron chi connectivity index (χ2n) is 2.86. The van der Waals surface area contributed by atoms with Gasteiger partial charge in [-0.2, -0.15) is 0 Å². The first kappa shape index (κ1) is 13.6. The van der Waals surface area contributed by atoms with E-state index in [9.17, 15) is 4.79 Å². The smallest absolute Gasteiger partial charge is 0.142 e. The van der Waals surface area contributed by atoms with Crippen LogP contribution in [-0.2, 0) is 4.79 Å². The summed E-state index contributed by atoms with van der Waals surface area (Å²) in [7, 11) is 0. The molecule has 0 spiro atoms. The predicted molar refractivity (Wildman–Crippen MR) is 65.8 cm³/mol. The normalized spacial score (nSPS) is 9.47. The molecule has 0 unspecified atom stereocenters. The van der Waals surface area contributed by atoms with Crippen molar-refractivity contribution in [1.82, 2.24) is 5.32 Å². The molecule has 0 atom stereocenters. The van der Waals surface area contributed by atoms with Gasteiger partial charge in [-0.15, -0.1) is 0 Å². The Morgan fingerprint density at radius 2 is 1.73 bits per heavy atom. The molecule has 2 nitrogen and oxygen atoms in total. The van der Waals surface area contributed by atoms with Crippen LogP contribution in [0.3, 0.4) is 0 Å². The van der Waals surface area contributed by atoms with Gasteiger partial charge in [0, 0.05) is 0 Å². The Balaban J connectivity index is 0.000000336. The molecule has 1 aromatic rings. The number of carbonyl (C=O) groups excluding carboxylic acids is 1. The van der Waals surface area contributed by atoms with Gasteiger partial charge in [-0.1, -0.05) is 50.3 Å². The van der Waals surface area contributed by atoms with E-state index in [0.717, 1.165) is 24.9 Å². The van der Waals surface area contributed by atoms with Crippen LogP contribution in [0, 0.1) is 0 Å². The Morgan fingerprint density at radius 1 is 1.13 bits per heavy atom. The topological polar surface area (TPSA) is 29.1 Å². The molecule has 0 aliphatic heterocycles. The van der Waals surface area contributed by atoms with E-state index in [2.05, 4.69) is 19.2 Å². The van der Waals surface area contributed by atoms with Gasteiger partial charge >= 0.3 is 0 Å². The maximum Gasteiger partial charge on any atom is 0.142 e. The fourth-order valence-electron chi connectivity index (χ4n) is 0.965. The zero-order valence-corrected chi connectivity index (χ0v) is 9.44. The average molecular weight is 205 g/mol. The van der Waals surface area contributed by atoms with Gasteiger partial charge in [0.05, 0.1) is 0 Å². The molecule has 1 N–H and O–H groups in total. The summed E-state index contributed by atoms with van der Waals surface area (Å²) in [6.45, 7) is 6.39. The van der Waals surface area contributed by atoms with Crippen LogP contribution in [0.25, 0.3) is 6.08 Å². The molecule has 0 fully saturated rings. The summed E-state index contributed by atoms with van der Waals surface area (Å²) in [5.74, 6) is 0. The summed E-state index contributed by atoms with van der Waals surface area (Å²) in [5, 5.41) is 3.11. The van der Waals surface area contributed by atoms with Crippen molar-refractivity contribution in [3.63, 3.8) is 0 Å². The van der Waals surface area contributed by atoms with Gasteiger partial charge in [-0.05, 0) is 24.7 Å². The SMILES string of the molecule is CCNCC.O=CC=Cc1ccccc1. The highest BCUT2D eigenvalue weighted by atomic mass is 16.1. The molecule has 0 aliphatic rings. The molecular formula is C13H19NO. The van der Waals surface area contributed by atoms with Crippen LogP contribution in [0.1, 0.15) is 19.4 Å². The summed E-state index contributed by atoms with van der Waals surface area (Å²) in [4.78, 5) is 9.89. The quantitative estimate of drug-likeness (QED) is 0.604. The van der Waals surface area contributed by atoms with Crippen LogP contribution >= 0.6 is 0 Å². The zero-order chi connectivity index (χ0) is 11.4. The lowest BCUT2D eigenvalue weighted by Crippen LogP contribution is -2.09. The van der Waals surface area contributed by atoms with Crippen LogP contribution in [-0.4, -0.2) is 19.4 Å². The highest BCUT2D eigenvalue weighted by Gasteiger charge is 1.79. The predicted octanol–water partition coefficient (Wildman–Crippen LogP) is 2.51. The van der Waals surface area contributed by atoms with E-state index in [1.165, 1.54) is 6.08 Å². The lowest BCUT2D eigenvalue weighted by Gasteiger charge is -1.86. The summed E-state index contributed by atoms with van der Waals surface area (Å²) in [6.07, 6.45) is 4.02. The van der Waals surface area contributed by atoms with Gasteiger partial charge in [0.15, 0.2) is 0 Å². The van der Waals surface area contributed by atoms with Crippen molar-refractivity contribution in [3.8, 4) is 0 Å². The number of hydrogen-bond acceptors (Lipinski definition) is 2. The Kier molecular flexibility index (Phi) is 9.67. The number of aldehydes is 1. The first-order valence-corrected chi connectivity index (χ1v) is 5.22. The molecule has 1 aromatic carbocycles. The second-order valence-corrected chi connectivity index (χ2v) is 2.86. The fraction of sp³-hybridized carbons (Fsp3) is 0.308. The van der Waals surface area contributed by atoms with Crippen LogP contribution in [0.15, 0.2) is 36.4 Å². The molecule has 0 saturated carbocycles. The van der Waals surface area contributed by atoms with Crippen molar-refractivity contribution in [3.05, 3.63) is 42.0 Å². The van der Waals surface area contributed by atoms with Crippen LogP contribution in [0.4, 0.5) is 0 Å². The number of benzene rings is 1. The molecular weight excluding hydrogens is 186 g/mol. The second kappa shape index (κ2) is 10.7. The van der Waals surface area contributed by atoms with Crippen molar-refractivity contribution in [2.45, 2.75) is 13.8 Å². The van der Waals surface area contributed by atoms with Gasteiger partial charge in [-0.25, -0.2) is 0 Å². The van der Waals surface area contributed by atoms with E-state index in [1.54, 1.807) is 6.08 Å². The minimum atomic E-state index is 0.771. The molecule has 0 bridgehead atoms. The maximum absolute atomic E-state index is 9.89. The van der Waals surface area contributed by atoms with E-state index in [0.29, 0.717) is 0 Å². The van der Waals surface area contributed by atoms with E-state index in [1.807, 2.05) is 30.3 Å². The molecule has 0 aromatic heterocycles. The van der Waals surface area contributed by atoms with E-state index in [-0.39, 0.29) is 0 Å². The fourth-order valence-corrected chi connectivity index (χ4v) is 0.965.